The van der Waals surface area contributed by atoms with Crippen molar-refractivity contribution < 1.29 is 24.8 Å². The van der Waals surface area contributed by atoms with E-state index in [0.717, 1.165) is 0 Å². The van der Waals surface area contributed by atoms with Crippen molar-refractivity contribution in [3.8, 4) is 0 Å². The summed E-state index contributed by atoms with van der Waals surface area (Å²) in [6.45, 7) is 0. The summed E-state index contributed by atoms with van der Waals surface area (Å²) in [5.74, 6) is -2.47. The predicted octanol–water partition coefficient (Wildman–Crippen LogP) is -0.564. The summed E-state index contributed by atoms with van der Waals surface area (Å²) in [7, 11) is 0. The van der Waals surface area contributed by atoms with E-state index in [0.29, 0.717) is 0 Å². The Balaban J connectivity index is 0.00000169. The summed E-state index contributed by atoms with van der Waals surface area (Å²) in [6.07, 6.45) is 0. The smallest absolute Gasteiger partial charge is 0.661 e. The molecule has 0 bridgehead atoms. The van der Waals surface area contributed by atoms with E-state index in [1.54, 1.807) is 0 Å². The molecule has 68 valence electrons. The number of rotatable bonds is 2. The number of hydrogen-bond donors (Lipinski definition) is 1. The minimum atomic E-state index is -1.28. The second-order valence-corrected chi connectivity index (χ2v) is 2.22. The van der Waals surface area contributed by atoms with Crippen LogP contribution in [0.1, 0.15) is 20.7 Å². The largest absolute Gasteiger partial charge is 2.00 e. The van der Waals surface area contributed by atoms with Crippen molar-refractivity contribution in [2.24, 2.45) is 0 Å². The van der Waals surface area contributed by atoms with Crippen molar-refractivity contribution in [1.29, 1.82) is 0 Å². The van der Waals surface area contributed by atoms with Crippen molar-refractivity contribution in [2.45, 2.75) is 0 Å². The first kappa shape index (κ1) is 12.9. The Kier molecular flexibility index (Phi) is 5.14. The summed E-state index contributed by atoms with van der Waals surface area (Å²) in [6, 6.07) is 5.32. The van der Waals surface area contributed by atoms with Gasteiger partial charge in [-0.1, -0.05) is 12.1 Å². The normalized spacial score (nSPS) is 8.64. The van der Waals surface area contributed by atoms with Crippen LogP contribution in [0.15, 0.2) is 24.3 Å². The maximum Gasteiger partial charge on any atom is 2.00 e. The zero-order chi connectivity index (χ0) is 9.84. The van der Waals surface area contributed by atoms with Crippen LogP contribution in [0.4, 0.5) is 0 Å². The Morgan fingerprint density at radius 1 is 1.21 bits per heavy atom. The van der Waals surface area contributed by atoms with Crippen molar-refractivity contribution in [3.63, 3.8) is 0 Å². The standard InChI is InChI=1S/C8H6O5.Mg/c9-7(10)5-3-1-2-4-6(5)8(11)13-12;/h1-4,12H,(H,9,10);/q;+2/p-1. The van der Waals surface area contributed by atoms with Gasteiger partial charge in [-0.15, -0.1) is 0 Å². The average molecular weight is 205 g/mol. The Labute approximate surface area is 95.4 Å². The number of carbonyl (C=O) groups is 2. The van der Waals surface area contributed by atoms with E-state index in [1.165, 1.54) is 24.3 Å². The fraction of sp³-hybridized carbons (Fsp3) is 0. The van der Waals surface area contributed by atoms with Crippen LogP contribution in [-0.2, 0) is 4.89 Å². The summed E-state index contributed by atoms with van der Waals surface area (Å²) in [4.78, 5) is 24.4. The van der Waals surface area contributed by atoms with E-state index in [4.69, 9.17) is 5.11 Å². The first-order valence-corrected chi connectivity index (χ1v) is 3.33. The Hall–Kier alpha value is -1.11. The van der Waals surface area contributed by atoms with E-state index < -0.39 is 11.9 Å². The van der Waals surface area contributed by atoms with Gasteiger partial charge in [0.1, 0.15) is 0 Å². The molecule has 1 N–H and O–H groups in total. The van der Waals surface area contributed by atoms with Gasteiger partial charge in [0.15, 0.2) is 0 Å². The molecule has 1 rings (SSSR count). The minimum absolute atomic E-state index is 0. The van der Waals surface area contributed by atoms with Gasteiger partial charge in [-0.05, 0) is 12.1 Å². The summed E-state index contributed by atoms with van der Waals surface area (Å²) >= 11 is 0. The van der Waals surface area contributed by atoms with Crippen molar-refractivity contribution in [3.05, 3.63) is 35.4 Å². The second kappa shape index (κ2) is 5.58. The molecular formula is C8H5MgO5+. The van der Waals surface area contributed by atoms with Crippen LogP contribution in [0, 0.1) is 0 Å². The molecule has 0 spiro atoms. The minimum Gasteiger partial charge on any atom is -0.661 e. The number of benzene rings is 1. The number of hydrogen-bond acceptors (Lipinski definition) is 4. The monoisotopic (exact) mass is 205 g/mol. The summed E-state index contributed by atoms with van der Waals surface area (Å²) in [5.41, 5.74) is -0.492. The molecule has 0 radical (unpaired) electrons. The molecule has 0 amide bonds. The third kappa shape index (κ3) is 2.69. The molecule has 5 nitrogen and oxygen atoms in total. The molecule has 1 aromatic rings. The van der Waals surface area contributed by atoms with E-state index in [-0.39, 0.29) is 34.2 Å². The first-order chi connectivity index (χ1) is 6.16. The maximum atomic E-state index is 10.7. The molecule has 0 saturated heterocycles. The van der Waals surface area contributed by atoms with E-state index in [9.17, 15) is 14.8 Å². The molecule has 0 fully saturated rings. The molecule has 0 heterocycles. The molecule has 0 atom stereocenters. The van der Waals surface area contributed by atoms with Gasteiger partial charge in [0.2, 0.25) is 0 Å². The third-order valence-electron chi connectivity index (χ3n) is 1.45. The van der Waals surface area contributed by atoms with Gasteiger partial charge in [-0.3, -0.25) is 0 Å². The SMILES string of the molecule is O=C(O)c1ccccc1C(=O)O[O-].[Mg+2]. The Morgan fingerprint density at radius 2 is 1.71 bits per heavy atom. The first-order valence-electron chi connectivity index (χ1n) is 3.33. The van der Waals surface area contributed by atoms with E-state index in [1.807, 2.05) is 0 Å². The zero-order valence-electron chi connectivity index (χ0n) is 7.10. The predicted molar refractivity (Wildman–Crippen MR) is 44.6 cm³/mol. The molecule has 14 heavy (non-hydrogen) atoms. The van der Waals surface area contributed by atoms with E-state index >= 15 is 0 Å². The zero-order valence-corrected chi connectivity index (χ0v) is 8.51. The van der Waals surface area contributed by atoms with Crippen molar-refractivity contribution >= 4 is 35.0 Å². The van der Waals surface area contributed by atoms with Crippen LogP contribution < -0.4 is 5.26 Å². The quantitative estimate of drug-likeness (QED) is 0.397. The Bertz CT molecular complexity index is 349. The number of aromatic carboxylic acids is 1. The molecule has 0 aromatic heterocycles. The average Bonchev–Trinajstić information content (AvgIpc) is 2.16. The van der Waals surface area contributed by atoms with Crippen molar-refractivity contribution in [1.82, 2.24) is 0 Å². The van der Waals surface area contributed by atoms with Crippen LogP contribution in [0.3, 0.4) is 0 Å². The van der Waals surface area contributed by atoms with Crippen LogP contribution in [0.5, 0.6) is 0 Å². The van der Waals surface area contributed by atoms with Gasteiger partial charge in [-0.25, -0.2) is 9.59 Å². The number of carboxylic acids is 1. The molecule has 0 aliphatic rings. The van der Waals surface area contributed by atoms with Crippen LogP contribution in [-0.4, -0.2) is 40.1 Å². The molecule has 0 aliphatic heterocycles. The molecular weight excluding hydrogens is 200 g/mol. The third-order valence-corrected chi connectivity index (χ3v) is 1.45. The van der Waals surface area contributed by atoms with Gasteiger partial charge >= 0.3 is 35.0 Å². The van der Waals surface area contributed by atoms with Gasteiger partial charge in [0, 0.05) is 0 Å². The van der Waals surface area contributed by atoms with Gasteiger partial charge in [0.05, 0.1) is 11.1 Å². The van der Waals surface area contributed by atoms with Crippen LogP contribution >= 0.6 is 0 Å². The summed E-state index contributed by atoms with van der Waals surface area (Å²) in [5, 5.41) is 18.4. The van der Waals surface area contributed by atoms with Crippen LogP contribution in [0.25, 0.3) is 0 Å². The number of carbonyl (C=O) groups excluding carboxylic acids is 1. The second-order valence-electron chi connectivity index (χ2n) is 2.22. The van der Waals surface area contributed by atoms with Gasteiger partial charge in [-0.2, -0.15) is 0 Å². The molecule has 0 saturated carbocycles. The van der Waals surface area contributed by atoms with Crippen molar-refractivity contribution in [2.75, 3.05) is 0 Å². The molecule has 6 heteroatoms. The maximum absolute atomic E-state index is 10.7. The Morgan fingerprint density at radius 3 is 2.14 bits per heavy atom. The van der Waals surface area contributed by atoms with Crippen LogP contribution in [0.2, 0.25) is 0 Å². The fourth-order valence-electron chi connectivity index (χ4n) is 0.892. The van der Waals surface area contributed by atoms with E-state index in [2.05, 4.69) is 4.89 Å². The number of carboxylic acid groups (broad SMARTS) is 1. The van der Waals surface area contributed by atoms with Gasteiger partial charge < -0.3 is 15.3 Å². The molecule has 0 aliphatic carbocycles. The molecule has 1 aromatic carbocycles. The molecule has 0 unspecified atom stereocenters. The topological polar surface area (TPSA) is 86.7 Å². The fourth-order valence-corrected chi connectivity index (χ4v) is 0.892. The summed E-state index contributed by atoms with van der Waals surface area (Å²) < 4.78 is 0. The van der Waals surface area contributed by atoms with Gasteiger partial charge in [0.25, 0.3) is 0 Å².